The minimum Gasteiger partial charge on any atom is -0.479 e. The molecule has 0 aliphatic carbocycles. The SMILES string of the molecule is COC(C=O)(Cc1cscn1)C(=O)O. The van der Waals surface area contributed by atoms with Gasteiger partial charge in [0, 0.05) is 18.9 Å². The van der Waals surface area contributed by atoms with E-state index >= 15 is 0 Å². The Morgan fingerprint density at radius 2 is 2.57 bits per heavy atom. The van der Waals surface area contributed by atoms with Gasteiger partial charge in [0.05, 0.1) is 11.2 Å². The molecule has 76 valence electrons. The Kier molecular flexibility index (Phi) is 3.32. The van der Waals surface area contributed by atoms with Crippen LogP contribution in [0.5, 0.6) is 0 Å². The number of aromatic nitrogens is 1. The van der Waals surface area contributed by atoms with Crippen molar-refractivity contribution in [2.24, 2.45) is 0 Å². The number of aldehydes is 1. The predicted molar refractivity (Wildman–Crippen MR) is 49.3 cm³/mol. The summed E-state index contributed by atoms with van der Waals surface area (Å²) in [6, 6.07) is 0. The third-order valence-electron chi connectivity index (χ3n) is 1.84. The number of carbonyl (C=O) groups is 2. The third kappa shape index (κ3) is 1.97. The Morgan fingerprint density at radius 1 is 1.86 bits per heavy atom. The van der Waals surface area contributed by atoms with Gasteiger partial charge in [-0.3, -0.25) is 4.79 Å². The molecule has 0 saturated carbocycles. The summed E-state index contributed by atoms with van der Waals surface area (Å²) in [5.41, 5.74) is 0.294. The molecule has 1 unspecified atom stereocenters. The molecule has 0 aliphatic rings. The van der Waals surface area contributed by atoms with E-state index in [9.17, 15) is 9.59 Å². The van der Waals surface area contributed by atoms with Crippen LogP contribution in [0.25, 0.3) is 0 Å². The Balaban J connectivity index is 2.89. The van der Waals surface area contributed by atoms with Crippen molar-refractivity contribution in [2.75, 3.05) is 7.11 Å². The Bertz CT molecular complexity index is 324. The number of rotatable bonds is 5. The number of ether oxygens (including phenoxy) is 1. The molecule has 0 aromatic carbocycles. The highest BCUT2D eigenvalue weighted by atomic mass is 32.1. The number of aliphatic carboxylic acids is 1. The first-order valence-electron chi connectivity index (χ1n) is 3.76. The van der Waals surface area contributed by atoms with Gasteiger partial charge in [-0.25, -0.2) is 9.78 Å². The second kappa shape index (κ2) is 4.30. The van der Waals surface area contributed by atoms with Crippen LogP contribution in [0.3, 0.4) is 0 Å². The van der Waals surface area contributed by atoms with Crippen molar-refractivity contribution in [3.05, 3.63) is 16.6 Å². The maximum Gasteiger partial charge on any atom is 0.343 e. The van der Waals surface area contributed by atoms with Crippen LogP contribution in [-0.2, 0) is 20.7 Å². The number of hydrogen-bond acceptors (Lipinski definition) is 5. The van der Waals surface area contributed by atoms with Gasteiger partial charge in [-0.15, -0.1) is 11.3 Å². The molecule has 1 aromatic rings. The fourth-order valence-corrected chi connectivity index (χ4v) is 1.53. The number of carboxylic acids is 1. The molecule has 1 atom stereocenters. The second-order valence-electron chi connectivity index (χ2n) is 2.67. The van der Waals surface area contributed by atoms with Crippen LogP contribution in [0.2, 0.25) is 0 Å². The molecule has 0 spiro atoms. The minimum absolute atomic E-state index is 0.0498. The summed E-state index contributed by atoms with van der Waals surface area (Å²) >= 11 is 1.34. The Hall–Kier alpha value is -1.27. The first-order chi connectivity index (χ1) is 6.64. The highest BCUT2D eigenvalue weighted by Crippen LogP contribution is 2.15. The lowest BCUT2D eigenvalue weighted by molar-refractivity contribution is -0.163. The van der Waals surface area contributed by atoms with Crippen molar-refractivity contribution < 1.29 is 19.4 Å². The van der Waals surface area contributed by atoms with Gasteiger partial charge < -0.3 is 9.84 Å². The van der Waals surface area contributed by atoms with Gasteiger partial charge in [0.1, 0.15) is 0 Å². The summed E-state index contributed by atoms with van der Waals surface area (Å²) in [5, 5.41) is 10.5. The van der Waals surface area contributed by atoms with E-state index < -0.39 is 11.6 Å². The van der Waals surface area contributed by atoms with Crippen molar-refractivity contribution in [3.63, 3.8) is 0 Å². The van der Waals surface area contributed by atoms with E-state index in [0.717, 1.165) is 0 Å². The zero-order valence-electron chi connectivity index (χ0n) is 7.47. The molecule has 0 radical (unpaired) electrons. The van der Waals surface area contributed by atoms with Gasteiger partial charge in [0.15, 0.2) is 6.29 Å². The van der Waals surface area contributed by atoms with Gasteiger partial charge in [0.2, 0.25) is 5.60 Å². The molecule has 1 N–H and O–H groups in total. The summed E-state index contributed by atoms with van der Waals surface area (Å²) in [6.07, 6.45) is 0.237. The van der Waals surface area contributed by atoms with E-state index in [1.54, 1.807) is 10.9 Å². The summed E-state index contributed by atoms with van der Waals surface area (Å²) in [7, 11) is 1.19. The van der Waals surface area contributed by atoms with E-state index in [2.05, 4.69) is 4.98 Å². The molecule has 1 aromatic heterocycles. The maximum absolute atomic E-state index is 10.8. The molecular formula is C8H9NO4S. The Morgan fingerprint density at radius 3 is 2.93 bits per heavy atom. The lowest BCUT2D eigenvalue weighted by Gasteiger charge is -2.19. The number of hydrogen-bond donors (Lipinski definition) is 1. The van der Waals surface area contributed by atoms with Crippen LogP contribution in [-0.4, -0.2) is 35.1 Å². The van der Waals surface area contributed by atoms with Crippen LogP contribution >= 0.6 is 11.3 Å². The molecule has 0 bridgehead atoms. The standard InChI is InChI=1S/C8H9NO4S/c1-13-8(4-10,7(11)12)2-6-3-14-5-9-6/h3-5H,2H2,1H3,(H,11,12). The van der Waals surface area contributed by atoms with Crippen LogP contribution in [0.1, 0.15) is 5.69 Å². The van der Waals surface area contributed by atoms with Crippen LogP contribution in [0, 0.1) is 0 Å². The lowest BCUT2D eigenvalue weighted by atomic mass is 10.0. The smallest absolute Gasteiger partial charge is 0.343 e. The molecule has 1 heterocycles. The van der Waals surface area contributed by atoms with Crippen molar-refractivity contribution in [1.82, 2.24) is 4.98 Å². The molecule has 14 heavy (non-hydrogen) atoms. The summed E-state index contributed by atoms with van der Waals surface area (Å²) in [4.78, 5) is 25.4. The van der Waals surface area contributed by atoms with Crippen molar-refractivity contribution in [1.29, 1.82) is 0 Å². The van der Waals surface area contributed by atoms with Gasteiger partial charge in [-0.2, -0.15) is 0 Å². The quantitative estimate of drug-likeness (QED) is 0.566. The molecule has 0 aliphatic heterocycles. The molecule has 0 saturated heterocycles. The lowest BCUT2D eigenvalue weighted by Crippen LogP contribution is -2.44. The van der Waals surface area contributed by atoms with Crippen molar-refractivity contribution >= 4 is 23.6 Å². The van der Waals surface area contributed by atoms with E-state index in [4.69, 9.17) is 9.84 Å². The highest BCUT2D eigenvalue weighted by molar-refractivity contribution is 7.07. The summed E-state index contributed by atoms with van der Waals surface area (Å²) < 4.78 is 4.72. The number of nitrogens with zero attached hydrogens (tertiary/aromatic N) is 1. The topological polar surface area (TPSA) is 76.5 Å². The second-order valence-corrected chi connectivity index (χ2v) is 3.39. The largest absolute Gasteiger partial charge is 0.479 e. The molecule has 0 amide bonds. The monoisotopic (exact) mass is 215 g/mol. The first kappa shape index (κ1) is 10.8. The van der Waals surface area contributed by atoms with Crippen LogP contribution < -0.4 is 0 Å². The Labute approximate surface area is 84.3 Å². The zero-order valence-corrected chi connectivity index (χ0v) is 8.28. The van der Waals surface area contributed by atoms with Gasteiger partial charge in [0.25, 0.3) is 0 Å². The number of thiazole rings is 1. The summed E-state index contributed by atoms with van der Waals surface area (Å²) in [6.45, 7) is 0. The highest BCUT2D eigenvalue weighted by Gasteiger charge is 2.39. The van der Waals surface area contributed by atoms with Crippen LogP contribution in [0.15, 0.2) is 10.9 Å². The molecular weight excluding hydrogens is 206 g/mol. The number of methoxy groups -OCH3 is 1. The van der Waals surface area contributed by atoms with Crippen molar-refractivity contribution in [2.45, 2.75) is 12.0 Å². The third-order valence-corrected chi connectivity index (χ3v) is 2.48. The van der Waals surface area contributed by atoms with E-state index in [1.165, 1.54) is 18.4 Å². The first-order valence-corrected chi connectivity index (χ1v) is 4.71. The average Bonchev–Trinajstić information content (AvgIpc) is 2.66. The maximum atomic E-state index is 10.8. The molecule has 5 nitrogen and oxygen atoms in total. The van der Waals surface area contributed by atoms with E-state index in [-0.39, 0.29) is 12.7 Å². The number of carboxylic acid groups (broad SMARTS) is 1. The molecule has 6 heteroatoms. The summed E-state index contributed by atoms with van der Waals surface area (Å²) in [5.74, 6) is -1.30. The van der Waals surface area contributed by atoms with Crippen LogP contribution in [0.4, 0.5) is 0 Å². The van der Waals surface area contributed by atoms with Crippen molar-refractivity contribution in [3.8, 4) is 0 Å². The van der Waals surface area contributed by atoms with E-state index in [1.807, 2.05) is 0 Å². The fourth-order valence-electron chi connectivity index (χ4n) is 0.969. The average molecular weight is 215 g/mol. The van der Waals surface area contributed by atoms with Gasteiger partial charge in [-0.1, -0.05) is 0 Å². The normalized spacial score (nSPS) is 14.6. The molecule has 0 fully saturated rings. The van der Waals surface area contributed by atoms with E-state index in [0.29, 0.717) is 5.69 Å². The predicted octanol–water partition coefficient (Wildman–Crippen LogP) is 0.354. The molecule has 1 rings (SSSR count). The minimum atomic E-state index is -1.81. The fraction of sp³-hybridized carbons (Fsp3) is 0.375. The number of carbonyl (C=O) groups excluding carboxylic acids is 1. The van der Waals surface area contributed by atoms with Gasteiger partial charge >= 0.3 is 5.97 Å². The zero-order chi connectivity index (χ0) is 10.6. The van der Waals surface area contributed by atoms with Gasteiger partial charge in [-0.05, 0) is 0 Å².